The molecule has 0 aliphatic carbocycles. The van der Waals surface area contributed by atoms with Gasteiger partial charge in [-0.1, -0.05) is 0 Å². The van der Waals surface area contributed by atoms with Gasteiger partial charge < -0.3 is 5.73 Å². The average molecular weight is 198 g/mol. The second-order valence-electron chi connectivity index (χ2n) is 2.24. The zero-order chi connectivity index (χ0) is 6.85. The summed E-state index contributed by atoms with van der Waals surface area (Å²) in [6.45, 7) is 3.91. The molecule has 1 heterocycles. The van der Waals surface area contributed by atoms with Gasteiger partial charge in [0.1, 0.15) is 0 Å². The zero-order valence-electron chi connectivity index (χ0n) is 6.50. The number of rotatable bonds is 1. The average Bonchev–Trinajstić information content (AvgIpc) is 2.13. The second-order valence-corrected chi connectivity index (χ2v) is 2.24. The minimum atomic E-state index is 0. The van der Waals surface area contributed by atoms with Gasteiger partial charge in [0, 0.05) is 17.3 Å². The lowest BCUT2D eigenvalue weighted by Crippen LogP contribution is -2.04. The first-order valence-electron chi connectivity index (χ1n) is 2.97. The van der Waals surface area contributed by atoms with Gasteiger partial charge in [-0.05, 0) is 13.8 Å². The van der Waals surface area contributed by atoms with Crippen LogP contribution in [-0.4, -0.2) is 10.2 Å². The number of aromatic nitrogens is 2. The Morgan fingerprint density at radius 1 is 1.55 bits per heavy atom. The van der Waals surface area contributed by atoms with Crippen LogP contribution in [0.25, 0.3) is 0 Å². The summed E-state index contributed by atoms with van der Waals surface area (Å²) in [5.41, 5.74) is 7.75. The van der Waals surface area contributed by atoms with Crippen molar-refractivity contribution in [1.29, 1.82) is 0 Å². The van der Waals surface area contributed by atoms with Gasteiger partial charge in [-0.25, -0.2) is 0 Å². The maximum Gasteiger partial charge on any atom is 0.0537 e. The van der Waals surface area contributed by atoms with E-state index in [1.54, 1.807) is 6.20 Å². The highest BCUT2D eigenvalue weighted by atomic mass is 35.5. The van der Waals surface area contributed by atoms with Crippen molar-refractivity contribution in [3.63, 3.8) is 0 Å². The molecule has 0 saturated heterocycles. The first-order valence-corrected chi connectivity index (χ1v) is 2.97. The third-order valence-electron chi connectivity index (χ3n) is 1.36. The molecule has 5 heteroatoms. The van der Waals surface area contributed by atoms with Crippen LogP contribution in [0.4, 0.5) is 0 Å². The lowest BCUT2D eigenvalue weighted by Gasteiger charge is -2.00. The van der Waals surface area contributed by atoms with E-state index >= 15 is 0 Å². The third kappa shape index (κ3) is 3.10. The van der Waals surface area contributed by atoms with Crippen molar-refractivity contribution in [2.24, 2.45) is 5.73 Å². The molecule has 0 aliphatic heterocycles. The molecule has 3 nitrogen and oxygen atoms in total. The van der Waals surface area contributed by atoms with Gasteiger partial charge in [-0.3, -0.25) is 5.10 Å². The topological polar surface area (TPSA) is 54.7 Å². The molecule has 1 aromatic heterocycles. The van der Waals surface area contributed by atoms with Crippen LogP contribution in [0, 0.1) is 6.92 Å². The molecule has 0 spiro atoms. The molecule has 0 fully saturated rings. The Bertz CT molecular complexity index is 197. The largest absolute Gasteiger partial charge is 0.324 e. The molecule has 0 radical (unpaired) electrons. The molecule has 0 aliphatic rings. The molecule has 1 unspecified atom stereocenters. The summed E-state index contributed by atoms with van der Waals surface area (Å²) in [7, 11) is 0. The van der Waals surface area contributed by atoms with Crippen molar-refractivity contribution in [2.45, 2.75) is 19.9 Å². The molecule has 3 N–H and O–H groups in total. The molecule has 1 atom stereocenters. The summed E-state index contributed by atoms with van der Waals surface area (Å²) in [4.78, 5) is 0. The van der Waals surface area contributed by atoms with E-state index < -0.39 is 0 Å². The Morgan fingerprint density at radius 2 is 2.09 bits per heavy atom. The van der Waals surface area contributed by atoms with Crippen LogP contribution in [0.5, 0.6) is 0 Å². The van der Waals surface area contributed by atoms with Crippen molar-refractivity contribution in [3.8, 4) is 0 Å². The summed E-state index contributed by atoms with van der Waals surface area (Å²) in [5, 5.41) is 6.66. The van der Waals surface area contributed by atoms with Crippen molar-refractivity contribution < 1.29 is 0 Å². The standard InChI is InChI=1S/C6H11N3.2ClH/c1-4(7)6-3-8-9-5(6)2;;/h3-4H,7H2,1-2H3,(H,8,9);2*1H. The Kier molecular flexibility index (Phi) is 6.56. The fourth-order valence-corrected chi connectivity index (χ4v) is 0.819. The molecule has 0 amide bonds. The van der Waals surface area contributed by atoms with E-state index in [9.17, 15) is 0 Å². The zero-order valence-corrected chi connectivity index (χ0v) is 8.13. The van der Waals surface area contributed by atoms with Gasteiger partial charge in [-0.15, -0.1) is 24.8 Å². The lowest BCUT2D eigenvalue weighted by atomic mass is 10.1. The first kappa shape index (κ1) is 13.3. The van der Waals surface area contributed by atoms with Gasteiger partial charge in [0.2, 0.25) is 0 Å². The molecular formula is C6H13Cl2N3. The minimum absolute atomic E-state index is 0. The highest BCUT2D eigenvalue weighted by molar-refractivity contribution is 5.85. The second kappa shape index (κ2) is 5.41. The molecule has 0 aromatic carbocycles. The minimum Gasteiger partial charge on any atom is -0.324 e. The Labute approximate surface area is 78.6 Å². The van der Waals surface area contributed by atoms with Gasteiger partial charge in [0.25, 0.3) is 0 Å². The Hall–Kier alpha value is -0.250. The lowest BCUT2D eigenvalue weighted by molar-refractivity contribution is 0.810. The Balaban J connectivity index is 0. The number of hydrogen-bond acceptors (Lipinski definition) is 2. The van der Waals surface area contributed by atoms with Crippen molar-refractivity contribution >= 4 is 24.8 Å². The number of nitrogens with two attached hydrogens (primary N) is 1. The molecular weight excluding hydrogens is 185 g/mol. The number of hydrogen-bond donors (Lipinski definition) is 2. The van der Waals surface area contributed by atoms with Gasteiger partial charge in [0.05, 0.1) is 6.20 Å². The SMILES string of the molecule is Cc1[nH]ncc1C(C)N.Cl.Cl. The van der Waals surface area contributed by atoms with Crippen LogP contribution >= 0.6 is 24.8 Å². The number of halogens is 2. The van der Waals surface area contributed by atoms with Gasteiger partial charge >= 0.3 is 0 Å². The van der Waals surface area contributed by atoms with Gasteiger partial charge in [0.15, 0.2) is 0 Å². The quantitative estimate of drug-likeness (QED) is 0.719. The predicted octanol–water partition coefficient (Wildman–Crippen LogP) is 1.58. The normalized spacial score (nSPS) is 11.2. The summed E-state index contributed by atoms with van der Waals surface area (Å²) in [6.07, 6.45) is 1.76. The number of nitrogens with one attached hydrogen (secondary N) is 1. The summed E-state index contributed by atoms with van der Waals surface area (Å²) >= 11 is 0. The van der Waals surface area contributed by atoms with Crippen LogP contribution in [0.2, 0.25) is 0 Å². The fraction of sp³-hybridized carbons (Fsp3) is 0.500. The van der Waals surface area contributed by atoms with Crippen LogP contribution < -0.4 is 5.73 Å². The first-order chi connectivity index (χ1) is 4.22. The maximum atomic E-state index is 5.60. The third-order valence-corrected chi connectivity index (χ3v) is 1.36. The van der Waals surface area contributed by atoms with Crippen molar-refractivity contribution in [2.75, 3.05) is 0 Å². The molecule has 0 bridgehead atoms. The predicted molar refractivity (Wildman–Crippen MR) is 50.4 cm³/mol. The van der Waals surface area contributed by atoms with Crippen molar-refractivity contribution in [1.82, 2.24) is 10.2 Å². The Morgan fingerprint density at radius 3 is 2.27 bits per heavy atom. The van der Waals surface area contributed by atoms with E-state index in [-0.39, 0.29) is 30.9 Å². The summed E-state index contributed by atoms with van der Waals surface area (Å²) in [5.74, 6) is 0. The molecule has 66 valence electrons. The smallest absolute Gasteiger partial charge is 0.0537 e. The molecule has 1 rings (SSSR count). The number of aromatic amines is 1. The highest BCUT2D eigenvalue weighted by Crippen LogP contribution is 2.10. The summed E-state index contributed by atoms with van der Waals surface area (Å²) in [6, 6.07) is 0.0868. The van der Waals surface area contributed by atoms with E-state index in [2.05, 4.69) is 10.2 Å². The number of aryl methyl sites for hydroxylation is 1. The van der Waals surface area contributed by atoms with Crippen LogP contribution in [0.1, 0.15) is 24.2 Å². The van der Waals surface area contributed by atoms with Crippen LogP contribution in [0.3, 0.4) is 0 Å². The van der Waals surface area contributed by atoms with E-state index in [1.165, 1.54) is 0 Å². The van der Waals surface area contributed by atoms with E-state index in [0.29, 0.717) is 0 Å². The number of nitrogens with zero attached hydrogens (tertiary/aromatic N) is 1. The number of H-pyrrole nitrogens is 1. The molecule has 1 aromatic rings. The van der Waals surface area contributed by atoms with E-state index in [1.807, 2.05) is 13.8 Å². The van der Waals surface area contributed by atoms with Crippen LogP contribution in [0.15, 0.2) is 6.20 Å². The van der Waals surface area contributed by atoms with E-state index in [0.717, 1.165) is 11.3 Å². The van der Waals surface area contributed by atoms with Gasteiger partial charge in [-0.2, -0.15) is 5.10 Å². The fourth-order valence-electron chi connectivity index (χ4n) is 0.819. The highest BCUT2D eigenvalue weighted by Gasteiger charge is 2.02. The molecule has 0 saturated carbocycles. The molecule has 11 heavy (non-hydrogen) atoms. The monoisotopic (exact) mass is 197 g/mol. The van der Waals surface area contributed by atoms with Crippen LogP contribution in [-0.2, 0) is 0 Å². The maximum absolute atomic E-state index is 5.60. The van der Waals surface area contributed by atoms with Crippen molar-refractivity contribution in [3.05, 3.63) is 17.5 Å². The van der Waals surface area contributed by atoms with E-state index in [4.69, 9.17) is 5.73 Å². The summed E-state index contributed by atoms with van der Waals surface area (Å²) < 4.78 is 0.